The Morgan fingerprint density at radius 3 is 2.53 bits per heavy atom. The van der Waals surface area contributed by atoms with E-state index >= 15 is 0 Å². The second kappa shape index (κ2) is 5.14. The van der Waals surface area contributed by atoms with Crippen LogP contribution in [0.2, 0.25) is 0 Å². The summed E-state index contributed by atoms with van der Waals surface area (Å²) in [6.07, 6.45) is 0. The number of carbonyl (C=O) groups excluding carboxylic acids is 1. The molecule has 0 saturated heterocycles. The quantitative estimate of drug-likeness (QED) is 0.843. The van der Waals surface area contributed by atoms with Crippen molar-refractivity contribution in [3.8, 4) is 0 Å². The lowest BCUT2D eigenvalue weighted by molar-refractivity contribution is 0.0931. The molecule has 92 valence electrons. The van der Waals surface area contributed by atoms with E-state index in [0.29, 0.717) is 5.56 Å². The smallest absolute Gasteiger partial charge is 0.253 e. The van der Waals surface area contributed by atoms with Gasteiger partial charge in [-0.05, 0) is 54.4 Å². The summed E-state index contributed by atoms with van der Waals surface area (Å²) in [5.41, 5.74) is 6.52. The molecule has 0 radical (unpaired) electrons. The Balaban J connectivity index is 2.95. The molecule has 5 heteroatoms. The average Bonchev–Trinajstić information content (AvgIpc) is 2.15. The predicted octanol–water partition coefficient (Wildman–Crippen LogP) is 2.55. The average molecular weight is 315 g/mol. The van der Waals surface area contributed by atoms with Crippen LogP contribution >= 0.6 is 28.1 Å². The van der Waals surface area contributed by atoms with E-state index in [-0.39, 0.29) is 10.9 Å². The largest absolute Gasteiger partial charge is 0.391 e. The van der Waals surface area contributed by atoms with Crippen molar-refractivity contribution in [2.45, 2.75) is 26.3 Å². The van der Waals surface area contributed by atoms with Gasteiger partial charge < -0.3 is 11.1 Å². The number of rotatable bonds is 3. The van der Waals surface area contributed by atoms with E-state index in [1.54, 1.807) is 19.9 Å². The highest BCUT2D eigenvalue weighted by Crippen LogP contribution is 2.19. The predicted molar refractivity (Wildman–Crippen MR) is 77.2 cm³/mol. The number of amides is 1. The van der Waals surface area contributed by atoms with Crippen molar-refractivity contribution in [3.05, 3.63) is 33.8 Å². The van der Waals surface area contributed by atoms with Gasteiger partial charge in [-0.2, -0.15) is 0 Å². The fourth-order valence-corrected chi connectivity index (χ4v) is 1.94. The Kier molecular flexibility index (Phi) is 4.27. The third-order valence-electron chi connectivity index (χ3n) is 2.41. The van der Waals surface area contributed by atoms with E-state index in [4.69, 9.17) is 18.0 Å². The Hall–Kier alpha value is -0.940. The highest BCUT2D eigenvalue weighted by molar-refractivity contribution is 9.10. The number of benzene rings is 1. The molecule has 3 N–H and O–H groups in total. The van der Waals surface area contributed by atoms with E-state index in [1.165, 1.54) is 0 Å². The summed E-state index contributed by atoms with van der Waals surface area (Å²) >= 11 is 8.27. The standard InChI is InChI=1S/C12H15BrN2OS/c1-7-4-5-8(9(13)6-7)10(16)15-12(2,3)11(14)17/h4-6H,1-3H3,(H2,14,17)(H,15,16). The van der Waals surface area contributed by atoms with Gasteiger partial charge in [-0.1, -0.05) is 18.3 Å². The third kappa shape index (κ3) is 3.51. The van der Waals surface area contributed by atoms with Crippen LogP contribution in [-0.2, 0) is 0 Å². The summed E-state index contributed by atoms with van der Waals surface area (Å²) < 4.78 is 0.758. The molecular formula is C12H15BrN2OS. The van der Waals surface area contributed by atoms with Crippen LogP contribution < -0.4 is 11.1 Å². The SMILES string of the molecule is Cc1ccc(C(=O)NC(C)(C)C(N)=S)c(Br)c1. The molecule has 0 spiro atoms. The molecule has 0 aromatic heterocycles. The van der Waals surface area contributed by atoms with Crippen LogP contribution in [0.5, 0.6) is 0 Å². The maximum Gasteiger partial charge on any atom is 0.253 e. The Bertz CT molecular complexity index is 472. The molecule has 0 saturated carbocycles. The highest BCUT2D eigenvalue weighted by atomic mass is 79.9. The van der Waals surface area contributed by atoms with Crippen LogP contribution in [0, 0.1) is 6.92 Å². The molecule has 0 aliphatic heterocycles. The summed E-state index contributed by atoms with van der Waals surface area (Å²) in [6.45, 7) is 5.51. The molecule has 1 aromatic rings. The fourth-order valence-electron chi connectivity index (χ4n) is 1.22. The van der Waals surface area contributed by atoms with E-state index in [0.717, 1.165) is 10.0 Å². The number of nitrogens with one attached hydrogen (secondary N) is 1. The minimum Gasteiger partial charge on any atom is -0.391 e. The summed E-state index contributed by atoms with van der Waals surface area (Å²) in [7, 11) is 0. The van der Waals surface area contributed by atoms with Crippen molar-refractivity contribution in [2.75, 3.05) is 0 Å². The van der Waals surface area contributed by atoms with Crippen molar-refractivity contribution >= 4 is 39.0 Å². The zero-order valence-corrected chi connectivity index (χ0v) is 12.4. The van der Waals surface area contributed by atoms with E-state index in [1.807, 2.05) is 19.1 Å². The van der Waals surface area contributed by atoms with Gasteiger partial charge in [0.1, 0.15) is 0 Å². The van der Waals surface area contributed by atoms with E-state index in [2.05, 4.69) is 21.2 Å². The van der Waals surface area contributed by atoms with Gasteiger partial charge in [-0.3, -0.25) is 4.79 Å². The van der Waals surface area contributed by atoms with Crippen LogP contribution in [0.4, 0.5) is 0 Å². The number of hydrogen-bond acceptors (Lipinski definition) is 2. The molecule has 0 fully saturated rings. The van der Waals surface area contributed by atoms with Crippen molar-refractivity contribution < 1.29 is 4.79 Å². The minimum absolute atomic E-state index is 0.199. The van der Waals surface area contributed by atoms with Gasteiger partial charge in [0, 0.05) is 4.47 Å². The fraction of sp³-hybridized carbons (Fsp3) is 0.333. The summed E-state index contributed by atoms with van der Waals surface area (Å²) in [4.78, 5) is 12.3. The van der Waals surface area contributed by atoms with Gasteiger partial charge in [0.2, 0.25) is 0 Å². The van der Waals surface area contributed by atoms with Crippen LogP contribution in [-0.4, -0.2) is 16.4 Å². The van der Waals surface area contributed by atoms with Gasteiger partial charge in [-0.25, -0.2) is 0 Å². The number of aryl methyl sites for hydroxylation is 1. The molecule has 0 aliphatic carbocycles. The van der Waals surface area contributed by atoms with Crippen molar-refractivity contribution in [1.82, 2.24) is 5.32 Å². The van der Waals surface area contributed by atoms with Crippen LogP contribution in [0.15, 0.2) is 22.7 Å². The molecular weight excluding hydrogens is 300 g/mol. The number of nitrogens with two attached hydrogens (primary N) is 1. The second-order valence-corrected chi connectivity index (χ2v) is 5.72. The van der Waals surface area contributed by atoms with Gasteiger partial charge in [0.15, 0.2) is 0 Å². The van der Waals surface area contributed by atoms with Crippen LogP contribution in [0.25, 0.3) is 0 Å². The zero-order valence-electron chi connectivity index (χ0n) is 10.0. The Morgan fingerprint density at radius 2 is 2.06 bits per heavy atom. The van der Waals surface area contributed by atoms with Crippen molar-refractivity contribution in [1.29, 1.82) is 0 Å². The first-order valence-electron chi connectivity index (χ1n) is 5.12. The number of thiocarbonyl (C=S) groups is 1. The first kappa shape index (κ1) is 14.1. The molecule has 17 heavy (non-hydrogen) atoms. The first-order valence-corrected chi connectivity index (χ1v) is 6.33. The monoisotopic (exact) mass is 314 g/mol. The number of carbonyl (C=O) groups is 1. The third-order valence-corrected chi connectivity index (χ3v) is 3.58. The molecule has 3 nitrogen and oxygen atoms in total. The summed E-state index contributed by atoms with van der Waals surface area (Å²) in [5, 5.41) is 2.80. The molecule has 0 aliphatic rings. The van der Waals surface area contributed by atoms with Crippen LogP contribution in [0.3, 0.4) is 0 Å². The Morgan fingerprint density at radius 1 is 1.47 bits per heavy atom. The molecule has 0 atom stereocenters. The number of hydrogen-bond donors (Lipinski definition) is 2. The maximum atomic E-state index is 12.0. The van der Waals surface area contributed by atoms with Crippen LogP contribution in [0.1, 0.15) is 29.8 Å². The van der Waals surface area contributed by atoms with Gasteiger partial charge >= 0.3 is 0 Å². The lowest BCUT2D eigenvalue weighted by Crippen LogP contribution is -2.52. The molecule has 0 bridgehead atoms. The molecule has 1 aromatic carbocycles. The summed E-state index contributed by atoms with van der Waals surface area (Å²) in [5.74, 6) is -0.199. The number of halogens is 1. The van der Waals surface area contributed by atoms with Crippen molar-refractivity contribution in [2.24, 2.45) is 5.73 Å². The van der Waals surface area contributed by atoms with E-state index in [9.17, 15) is 4.79 Å². The lowest BCUT2D eigenvalue weighted by atomic mass is 10.0. The molecule has 1 amide bonds. The normalized spacial score (nSPS) is 11.1. The van der Waals surface area contributed by atoms with Gasteiger partial charge in [0.05, 0.1) is 16.1 Å². The second-order valence-electron chi connectivity index (χ2n) is 4.43. The maximum absolute atomic E-state index is 12.0. The molecule has 0 unspecified atom stereocenters. The van der Waals surface area contributed by atoms with E-state index < -0.39 is 5.54 Å². The minimum atomic E-state index is -0.698. The molecule has 1 rings (SSSR count). The van der Waals surface area contributed by atoms with Crippen molar-refractivity contribution in [3.63, 3.8) is 0 Å². The topological polar surface area (TPSA) is 55.1 Å². The first-order chi connectivity index (χ1) is 7.74. The molecule has 0 heterocycles. The highest BCUT2D eigenvalue weighted by Gasteiger charge is 2.24. The zero-order chi connectivity index (χ0) is 13.2. The Labute approximate surface area is 115 Å². The van der Waals surface area contributed by atoms with Gasteiger partial charge in [0.25, 0.3) is 5.91 Å². The lowest BCUT2D eigenvalue weighted by Gasteiger charge is -2.25. The summed E-state index contributed by atoms with van der Waals surface area (Å²) in [6, 6.07) is 5.54. The van der Waals surface area contributed by atoms with Gasteiger partial charge in [-0.15, -0.1) is 0 Å².